The lowest BCUT2D eigenvalue weighted by Crippen LogP contribution is -2.45. The van der Waals surface area contributed by atoms with E-state index in [0.29, 0.717) is 28.3 Å². The maximum Gasteiger partial charge on any atom is 0.156 e. The average Bonchev–Trinajstić information content (AvgIpc) is 3.07. The van der Waals surface area contributed by atoms with Crippen molar-refractivity contribution in [3.8, 4) is 12.3 Å². The number of benzene rings is 1. The van der Waals surface area contributed by atoms with E-state index in [4.69, 9.17) is 23.2 Å². The van der Waals surface area contributed by atoms with Crippen LogP contribution in [0.5, 0.6) is 0 Å². The van der Waals surface area contributed by atoms with Crippen LogP contribution in [-0.4, -0.2) is 31.1 Å². The van der Waals surface area contributed by atoms with Crippen LogP contribution in [0.25, 0.3) is 0 Å². The second kappa shape index (κ2) is 9.73. The van der Waals surface area contributed by atoms with E-state index in [0.717, 1.165) is 49.8 Å². The predicted octanol–water partition coefficient (Wildman–Crippen LogP) is 6.96. The van der Waals surface area contributed by atoms with Crippen LogP contribution in [0.15, 0.2) is 34.9 Å². The van der Waals surface area contributed by atoms with Crippen LogP contribution in [0.3, 0.4) is 0 Å². The Hall–Kier alpha value is -1.73. The van der Waals surface area contributed by atoms with E-state index >= 15 is 0 Å². The summed E-state index contributed by atoms with van der Waals surface area (Å²) < 4.78 is 0. The number of aliphatic hydroxyl groups is 1. The zero-order chi connectivity index (χ0) is 24.8. The third-order valence-corrected chi connectivity index (χ3v) is 9.15. The number of hydrogen-bond acceptors (Lipinski definition) is 3. The van der Waals surface area contributed by atoms with Crippen molar-refractivity contribution in [3.63, 3.8) is 0 Å². The Morgan fingerprint density at radius 2 is 1.76 bits per heavy atom. The van der Waals surface area contributed by atoms with Gasteiger partial charge in [0.15, 0.2) is 5.78 Å². The van der Waals surface area contributed by atoms with Gasteiger partial charge < -0.3 is 10.0 Å². The number of halogens is 2. The molecular weight excluding hydrogens is 465 g/mol. The number of terminal acetylenes is 1. The van der Waals surface area contributed by atoms with E-state index in [1.54, 1.807) is 6.92 Å². The fourth-order valence-corrected chi connectivity index (χ4v) is 7.99. The number of carbonyl (C=O) groups is 1. The van der Waals surface area contributed by atoms with Gasteiger partial charge in [0, 0.05) is 26.4 Å². The predicted molar refractivity (Wildman–Crippen MR) is 142 cm³/mol. The maximum atomic E-state index is 12.1. The summed E-state index contributed by atoms with van der Waals surface area (Å²) in [5.41, 5.74) is 6.06. The smallest absolute Gasteiger partial charge is 0.156 e. The molecule has 182 valence electrons. The molecule has 0 bridgehead atoms. The summed E-state index contributed by atoms with van der Waals surface area (Å²) in [6.07, 6.45) is 12.6. The summed E-state index contributed by atoms with van der Waals surface area (Å²) in [4.78, 5) is 14.1. The normalized spacial score (nSPS) is 31.9. The number of anilines is 1. The highest BCUT2D eigenvalue weighted by Gasteiger charge is 2.56. The molecule has 0 spiro atoms. The van der Waals surface area contributed by atoms with Crippen molar-refractivity contribution in [1.82, 2.24) is 0 Å². The van der Waals surface area contributed by atoms with Gasteiger partial charge in [-0.2, -0.15) is 0 Å². The second-order valence-corrected chi connectivity index (χ2v) is 11.5. The number of nitrogens with zero attached hydrogens (tertiary/aromatic N) is 1. The third-order valence-electron chi connectivity index (χ3n) is 8.57. The van der Waals surface area contributed by atoms with E-state index in [9.17, 15) is 9.90 Å². The van der Waals surface area contributed by atoms with Crippen molar-refractivity contribution < 1.29 is 9.90 Å². The Bertz CT molecular complexity index is 1070. The van der Waals surface area contributed by atoms with Gasteiger partial charge in [-0.15, -0.1) is 12.3 Å². The molecular formula is C29H35Cl2NO2. The zero-order valence-electron chi connectivity index (χ0n) is 20.6. The second-order valence-electron chi connectivity index (χ2n) is 10.7. The monoisotopic (exact) mass is 499 g/mol. The molecule has 5 atom stereocenters. The standard InChI is InChI=1S/C26H31Cl2NO2.C3H4/c1-26-13-19(15-11-21(27)25(29(2)3)22(28)12-15)24-17-7-5-16(30)10-14(17)4-6-18(24)20(26)8-9-23(26)31;1-3-2/h10-12,18-20,23,31H,4-9,13H2,1-3H3;1H,2H3. The summed E-state index contributed by atoms with van der Waals surface area (Å²) in [5.74, 6) is 3.66. The molecule has 34 heavy (non-hydrogen) atoms. The van der Waals surface area contributed by atoms with E-state index in [1.165, 1.54) is 16.7 Å². The molecule has 1 N–H and O–H groups in total. The first-order valence-electron chi connectivity index (χ1n) is 12.3. The molecule has 4 aliphatic carbocycles. The third kappa shape index (κ3) is 4.23. The fourth-order valence-electron chi connectivity index (χ4n) is 7.15. The summed E-state index contributed by atoms with van der Waals surface area (Å²) in [7, 11) is 3.90. The van der Waals surface area contributed by atoms with Crippen molar-refractivity contribution in [1.29, 1.82) is 0 Å². The first kappa shape index (κ1) is 25.4. The molecule has 0 heterocycles. The van der Waals surface area contributed by atoms with Crippen molar-refractivity contribution >= 4 is 34.7 Å². The number of hydrogen-bond donors (Lipinski definition) is 1. The van der Waals surface area contributed by atoms with Crippen LogP contribution in [0.1, 0.15) is 70.3 Å². The molecule has 0 radical (unpaired) electrons. The van der Waals surface area contributed by atoms with Crippen LogP contribution in [-0.2, 0) is 4.79 Å². The Kier molecular flexibility index (Phi) is 7.26. The molecule has 5 heteroatoms. The largest absolute Gasteiger partial charge is 0.393 e. The molecule has 0 aliphatic heterocycles. The number of ketones is 1. The summed E-state index contributed by atoms with van der Waals surface area (Å²) in [5, 5.41) is 12.3. The number of allylic oxidation sites excluding steroid dienone is 4. The van der Waals surface area contributed by atoms with Crippen molar-refractivity contribution in [2.24, 2.45) is 17.3 Å². The average molecular weight is 501 g/mol. The van der Waals surface area contributed by atoms with Gasteiger partial charge in [-0.25, -0.2) is 0 Å². The summed E-state index contributed by atoms with van der Waals surface area (Å²) in [6, 6.07) is 4.16. The molecule has 1 aromatic carbocycles. The minimum atomic E-state index is -0.261. The lowest BCUT2D eigenvalue weighted by atomic mass is 9.53. The first-order chi connectivity index (χ1) is 16.1. The molecule has 0 amide bonds. The van der Waals surface area contributed by atoms with E-state index < -0.39 is 0 Å². The van der Waals surface area contributed by atoms with Crippen LogP contribution in [0.4, 0.5) is 5.69 Å². The van der Waals surface area contributed by atoms with E-state index in [1.807, 2.05) is 25.1 Å². The summed E-state index contributed by atoms with van der Waals surface area (Å²) in [6.45, 7) is 3.94. The fraction of sp³-hybridized carbons (Fsp3) is 0.552. The maximum absolute atomic E-state index is 12.1. The van der Waals surface area contributed by atoms with Crippen molar-refractivity contribution in [3.05, 3.63) is 50.5 Å². The lowest BCUT2D eigenvalue weighted by Gasteiger charge is -2.52. The van der Waals surface area contributed by atoms with Gasteiger partial charge >= 0.3 is 0 Å². The molecule has 5 unspecified atom stereocenters. The van der Waals surface area contributed by atoms with Gasteiger partial charge in [-0.3, -0.25) is 4.79 Å². The topological polar surface area (TPSA) is 40.5 Å². The lowest BCUT2D eigenvalue weighted by molar-refractivity contribution is -0.114. The number of rotatable bonds is 2. The molecule has 3 nitrogen and oxygen atoms in total. The van der Waals surface area contributed by atoms with Crippen LogP contribution >= 0.6 is 23.2 Å². The first-order valence-corrected chi connectivity index (χ1v) is 13.1. The van der Waals surface area contributed by atoms with Gasteiger partial charge in [-0.05, 0) is 97.6 Å². The van der Waals surface area contributed by atoms with Gasteiger partial charge in [0.1, 0.15) is 0 Å². The number of carbonyl (C=O) groups excluding carboxylic acids is 1. The summed E-state index contributed by atoms with van der Waals surface area (Å²) >= 11 is 13.4. The molecule has 0 saturated heterocycles. The van der Waals surface area contributed by atoms with Gasteiger partial charge in [0.2, 0.25) is 0 Å². The molecule has 0 aromatic heterocycles. The Morgan fingerprint density at radius 1 is 1.12 bits per heavy atom. The Balaban J connectivity index is 0.000000868. The highest BCUT2D eigenvalue weighted by Crippen LogP contribution is 2.64. The molecule has 1 aromatic rings. The van der Waals surface area contributed by atoms with Gasteiger partial charge in [0.05, 0.1) is 21.8 Å². The quantitative estimate of drug-likeness (QED) is 0.447. The van der Waals surface area contributed by atoms with E-state index in [-0.39, 0.29) is 23.2 Å². The minimum Gasteiger partial charge on any atom is -0.393 e. The Labute approximate surface area is 214 Å². The van der Waals surface area contributed by atoms with Gasteiger partial charge in [0.25, 0.3) is 0 Å². The molecule has 2 saturated carbocycles. The Morgan fingerprint density at radius 3 is 2.38 bits per heavy atom. The number of aliphatic hydroxyl groups excluding tert-OH is 1. The van der Waals surface area contributed by atoms with E-state index in [2.05, 4.69) is 31.4 Å². The zero-order valence-corrected chi connectivity index (χ0v) is 22.1. The van der Waals surface area contributed by atoms with Crippen LogP contribution in [0.2, 0.25) is 10.0 Å². The number of fused-ring (bicyclic) bond motifs is 4. The molecule has 2 fully saturated rings. The highest BCUT2D eigenvalue weighted by molar-refractivity contribution is 6.39. The SMILES string of the molecule is C#CC.CN(C)c1c(Cl)cc(C2CC3(C)C(O)CCC3C3CCC4=CC(=O)CCC4=C23)cc1Cl. The van der Waals surface area contributed by atoms with Crippen molar-refractivity contribution in [2.45, 2.75) is 70.8 Å². The van der Waals surface area contributed by atoms with Crippen molar-refractivity contribution in [2.75, 3.05) is 19.0 Å². The van der Waals surface area contributed by atoms with Gasteiger partial charge in [-0.1, -0.05) is 35.7 Å². The van der Waals surface area contributed by atoms with Crippen LogP contribution < -0.4 is 4.90 Å². The molecule has 4 aliphatic rings. The highest BCUT2D eigenvalue weighted by atomic mass is 35.5. The molecule has 5 rings (SSSR count). The minimum absolute atomic E-state index is 0.0930. The van der Waals surface area contributed by atoms with Crippen LogP contribution in [0, 0.1) is 29.6 Å².